The number of furan rings is 1. The van der Waals surface area contributed by atoms with Gasteiger partial charge in [-0.15, -0.1) is 0 Å². The third-order valence-electron chi connectivity index (χ3n) is 4.51. The Morgan fingerprint density at radius 3 is 2.22 bits per heavy atom. The molecule has 3 aromatic rings. The zero-order valence-corrected chi connectivity index (χ0v) is 15.9. The van der Waals surface area contributed by atoms with E-state index >= 15 is 0 Å². The zero-order valence-electron chi connectivity index (χ0n) is 15.9. The first-order valence-corrected chi connectivity index (χ1v) is 9.48. The van der Waals surface area contributed by atoms with Gasteiger partial charge in [-0.2, -0.15) is 0 Å². The minimum atomic E-state index is -0.206. The number of nitrogens with two attached hydrogens (primary N) is 1. The molecule has 3 rings (SSSR count). The van der Waals surface area contributed by atoms with Crippen LogP contribution in [0.15, 0.2) is 71.3 Å². The molecule has 0 aliphatic heterocycles. The first-order valence-electron chi connectivity index (χ1n) is 9.48. The number of hydrogen-bond donors (Lipinski definition) is 1. The summed E-state index contributed by atoms with van der Waals surface area (Å²) in [6.45, 7) is 5.81. The highest BCUT2D eigenvalue weighted by molar-refractivity contribution is 5.36. The van der Waals surface area contributed by atoms with Crippen molar-refractivity contribution in [2.24, 2.45) is 0 Å². The number of rotatable bonds is 9. The van der Waals surface area contributed by atoms with Gasteiger partial charge in [0.15, 0.2) is 5.76 Å². The van der Waals surface area contributed by atoms with Gasteiger partial charge in [0.25, 0.3) is 0 Å². The molecule has 0 saturated heterocycles. The van der Waals surface area contributed by atoms with Crippen molar-refractivity contribution in [1.82, 2.24) is 0 Å². The minimum absolute atomic E-state index is 0.153. The normalized spacial score (nSPS) is 12.3. The second-order valence-electron chi connectivity index (χ2n) is 6.99. The molecule has 142 valence electrons. The van der Waals surface area contributed by atoms with Crippen molar-refractivity contribution in [2.45, 2.75) is 38.8 Å². The van der Waals surface area contributed by atoms with E-state index in [1.165, 1.54) is 17.7 Å². The van der Waals surface area contributed by atoms with Gasteiger partial charge in [0.1, 0.15) is 18.1 Å². The highest BCUT2D eigenvalue weighted by atomic mass is 19.1. The third-order valence-corrected chi connectivity index (χ3v) is 4.51. The molecule has 2 aromatic carbocycles. The number of halogens is 1. The molecule has 0 amide bonds. The second-order valence-corrected chi connectivity index (χ2v) is 6.99. The van der Waals surface area contributed by atoms with Gasteiger partial charge < -0.3 is 14.5 Å². The topological polar surface area (TPSA) is 39.0 Å². The van der Waals surface area contributed by atoms with Crippen molar-refractivity contribution in [1.29, 1.82) is 0 Å². The Balaban J connectivity index is 1.70. The second kappa shape index (κ2) is 9.38. The number of hydrogen-bond acceptors (Lipinski definition) is 2. The average Bonchev–Trinajstić information content (AvgIpc) is 3.17. The molecular formula is C23H27FNO2+. The van der Waals surface area contributed by atoms with E-state index < -0.39 is 0 Å². The number of quaternary nitrogens is 1. The molecule has 0 bridgehead atoms. The fraction of sp³-hybridized carbons (Fsp3) is 0.304. The Labute approximate surface area is 160 Å². The lowest BCUT2D eigenvalue weighted by Crippen LogP contribution is -2.82. The predicted molar refractivity (Wildman–Crippen MR) is 104 cm³/mol. The lowest BCUT2D eigenvalue weighted by Gasteiger charge is -2.18. The van der Waals surface area contributed by atoms with Crippen molar-refractivity contribution in [3.8, 4) is 5.75 Å². The van der Waals surface area contributed by atoms with E-state index in [1.807, 2.05) is 50.2 Å². The van der Waals surface area contributed by atoms with Crippen molar-refractivity contribution >= 4 is 0 Å². The third kappa shape index (κ3) is 5.69. The standard InChI is InChI=1S/C23H26FNO2/c1-17(2)27-21-11-7-19(8-12-21)23(18-5-9-20(24)10-6-18)13-14-25-16-22-4-3-15-26-22/h3-12,15,17,23,25H,13-14,16H2,1-2H3/p+1/t23-/m0/s1. The zero-order chi connectivity index (χ0) is 19.1. The summed E-state index contributed by atoms with van der Waals surface area (Å²) in [6, 6.07) is 19.0. The van der Waals surface area contributed by atoms with Crippen LogP contribution in [-0.2, 0) is 6.54 Å². The van der Waals surface area contributed by atoms with E-state index in [-0.39, 0.29) is 17.8 Å². The summed E-state index contributed by atoms with van der Waals surface area (Å²) in [4.78, 5) is 0. The van der Waals surface area contributed by atoms with Crippen molar-refractivity contribution in [2.75, 3.05) is 6.54 Å². The fourth-order valence-electron chi connectivity index (χ4n) is 3.23. The summed E-state index contributed by atoms with van der Waals surface area (Å²) in [5.41, 5.74) is 2.34. The van der Waals surface area contributed by atoms with Crippen molar-refractivity contribution in [3.63, 3.8) is 0 Å². The summed E-state index contributed by atoms with van der Waals surface area (Å²) in [5.74, 6) is 1.86. The molecule has 27 heavy (non-hydrogen) atoms. The Morgan fingerprint density at radius 1 is 0.963 bits per heavy atom. The van der Waals surface area contributed by atoms with E-state index in [0.29, 0.717) is 0 Å². The lowest BCUT2D eigenvalue weighted by molar-refractivity contribution is -0.672. The highest BCUT2D eigenvalue weighted by Gasteiger charge is 2.16. The highest BCUT2D eigenvalue weighted by Crippen LogP contribution is 2.29. The van der Waals surface area contributed by atoms with E-state index in [0.717, 1.165) is 36.6 Å². The molecule has 1 heterocycles. The molecule has 0 aliphatic rings. The molecule has 1 atom stereocenters. The molecule has 0 fully saturated rings. The van der Waals surface area contributed by atoms with Crippen LogP contribution in [-0.4, -0.2) is 12.6 Å². The summed E-state index contributed by atoms with van der Waals surface area (Å²) in [5, 5.41) is 2.24. The van der Waals surface area contributed by atoms with Crippen LogP contribution in [0.2, 0.25) is 0 Å². The maximum absolute atomic E-state index is 13.4. The molecule has 0 saturated carbocycles. The minimum Gasteiger partial charge on any atom is -0.491 e. The van der Waals surface area contributed by atoms with Gasteiger partial charge in [-0.05, 0) is 61.4 Å². The van der Waals surface area contributed by atoms with Gasteiger partial charge in [-0.3, -0.25) is 0 Å². The van der Waals surface area contributed by atoms with Crippen LogP contribution in [0.1, 0.15) is 43.1 Å². The van der Waals surface area contributed by atoms with Crippen molar-refractivity contribution < 1.29 is 18.9 Å². The number of benzene rings is 2. The molecule has 0 aliphatic carbocycles. The summed E-state index contributed by atoms with van der Waals surface area (Å²) in [7, 11) is 0. The van der Waals surface area contributed by atoms with Crippen LogP contribution >= 0.6 is 0 Å². The SMILES string of the molecule is CC(C)Oc1ccc([C@@H](CC[NH2+]Cc2ccco2)c2ccc(F)cc2)cc1. The maximum atomic E-state index is 13.4. The molecule has 1 aromatic heterocycles. The van der Waals surface area contributed by atoms with E-state index in [9.17, 15) is 4.39 Å². The van der Waals surface area contributed by atoms with Gasteiger partial charge in [0, 0.05) is 12.3 Å². The molecule has 2 N–H and O–H groups in total. The molecule has 0 unspecified atom stereocenters. The number of ether oxygens (including phenoxy) is 1. The molecule has 4 heteroatoms. The van der Waals surface area contributed by atoms with Gasteiger partial charge >= 0.3 is 0 Å². The molecular weight excluding hydrogens is 341 g/mol. The maximum Gasteiger partial charge on any atom is 0.157 e. The van der Waals surface area contributed by atoms with Gasteiger partial charge in [-0.25, -0.2) is 4.39 Å². The lowest BCUT2D eigenvalue weighted by atomic mass is 9.88. The Hall–Kier alpha value is -2.59. The monoisotopic (exact) mass is 368 g/mol. The summed E-state index contributed by atoms with van der Waals surface area (Å²) in [6.07, 6.45) is 2.81. The van der Waals surface area contributed by atoms with Crippen molar-refractivity contribution in [3.05, 3.63) is 89.6 Å². The molecule has 0 spiro atoms. The summed E-state index contributed by atoms with van der Waals surface area (Å²) < 4.78 is 24.5. The van der Waals surface area contributed by atoms with E-state index in [2.05, 4.69) is 17.4 Å². The van der Waals surface area contributed by atoms with Crippen LogP contribution in [0.5, 0.6) is 5.75 Å². The molecule has 3 nitrogen and oxygen atoms in total. The Morgan fingerprint density at radius 2 is 1.63 bits per heavy atom. The largest absolute Gasteiger partial charge is 0.491 e. The van der Waals surface area contributed by atoms with Gasteiger partial charge in [0.2, 0.25) is 0 Å². The van der Waals surface area contributed by atoms with Crippen LogP contribution < -0.4 is 10.1 Å². The Kier molecular flexibility index (Phi) is 6.66. The first kappa shape index (κ1) is 19.2. The van der Waals surface area contributed by atoms with Crippen LogP contribution in [0.3, 0.4) is 0 Å². The van der Waals surface area contributed by atoms with Crippen LogP contribution in [0.4, 0.5) is 4.39 Å². The van der Waals surface area contributed by atoms with E-state index in [4.69, 9.17) is 9.15 Å². The van der Waals surface area contributed by atoms with Crippen LogP contribution in [0.25, 0.3) is 0 Å². The summed E-state index contributed by atoms with van der Waals surface area (Å²) >= 11 is 0. The average molecular weight is 368 g/mol. The van der Waals surface area contributed by atoms with E-state index in [1.54, 1.807) is 6.26 Å². The quantitative estimate of drug-likeness (QED) is 0.565. The van der Waals surface area contributed by atoms with Gasteiger partial charge in [-0.1, -0.05) is 24.3 Å². The first-order chi connectivity index (χ1) is 13.1. The fourth-order valence-corrected chi connectivity index (χ4v) is 3.23. The van der Waals surface area contributed by atoms with Gasteiger partial charge in [0.05, 0.1) is 18.9 Å². The smallest absolute Gasteiger partial charge is 0.157 e. The Bertz CT molecular complexity index is 795. The van der Waals surface area contributed by atoms with Crippen LogP contribution in [0, 0.1) is 5.82 Å². The molecule has 0 radical (unpaired) electrons. The predicted octanol–water partition coefficient (Wildman–Crippen LogP) is 4.49.